The van der Waals surface area contributed by atoms with Crippen LogP contribution in [0.25, 0.3) is 33.6 Å². The minimum absolute atomic E-state index is 0.0887. The molecule has 2 heterocycles. The number of carbonyl (C=O) groups excluding carboxylic acids is 2. The lowest BCUT2D eigenvalue weighted by Gasteiger charge is -2.34. The molecule has 2 aliphatic rings. The molecule has 59 heavy (non-hydrogen) atoms. The zero-order valence-corrected chi connectivity index (χ0v) is 34.3. The number of hydrogen-bond acceptors (Lipinski definition) is 7. The molecule has 0 amide bonds. The minimum atomic E-state index is -0.957. The van der Waals surface area contributed by atoms with Crippen LogP contribution in [-0.4, -0.2) is 38.4 Å². The number of ketones is 2. The first-order valence-corrected chi connectivity index (χ1v) is 20.7. The lowest BCUT2D eigenvalue weighted by molar-refractivity contribution is -0.135. The number of Topliss-reactive ketones (excluding diaryl/α,β-unsaturated/α-hetero) is 2. The van der Waals surface area contributed by atoms with Crippen LogP contribution in [0.1, 0.15) is 54.0 Å². The van der Waals surface area contributed by atoms with Gasteiger partial charge in [0.2, 0.25) is 5.82 Å². The summed E-state index contributed by atoms with van der Waals surface area (Å²) in [5.74, 6) is -0.813. The van der Waals surface area contributed by atoms with Gasteiger partial charge in [0.25, 0.3) is 0 Å². The third kappa shape index (κ3) is 7.96. The third-order valence-electron chi connectivity index (χ3n) is 10.9. The predicted octanol–water partition coefficient (Wildman–Crippen LogP) is 11.0. The largest absolute Gasteiger partial charge is 0.472 e. The van der Waals surface area contributed by atoms with Crippen LogP contribution in [0.5, 0.6) is 0 Å². The van der Waals surface area contributed by atoms with Crippen LogP contribution >= 0.6 is 15.9 Å². The highest BCUT2D eigenvalue weighted by molar-refractivity contribution is 9.10. The molecule has 1 aliphatic carbocycles. The molecular weight excluding hydrogens is 800 g/mol. The zero-order valence-electron chi connectivity index (χ0n) is 32.7. The number of hydrogen-bond donors (Lipinski definition) is 0. The maximum atomic E-state index is 14.1. The van der Waals surface area contributed by atoms with E-state index in [1.165, 1.54) is 0 Å². The van der Waals surface area contributed by atoms with Crippen LogP contribution in [0, 0.1) is 5.92 Å². The van der Waals surface area contributed by atoms with Gasteiger partial charge in [0.1, 0.15) is 12.4 Å². The Balaban J connectivity index is 1.24. The molecule has 5 aromatic carbocycles. The Hall–Kier alpha value is -6.29. The molecular formula is C50H43BrN4O4. The maximum absolute atomic E-state index is 14.1. The standard InChI is InChI=1S/C50H43BrN4O4/c1-2-3-28-45(56)43(46(57)34-59-32-35-18-8-4-9-19-35)31-42-39-29-30-58-33-44(39)48(51)47(42)40-26-16-17-27-41(40)49-52-54-55(53-49)50(36-20-10-5-11-21-36,37-22-12-6-13-23-37)38-24-14-7-15-25-38/h4-27,29-30,33,43H,2-3,28,31-32,34H2,1H3. The van der Waals surface area contributed by atoms with Gasteiger partial charge in [-0.15, -0.1) is 15.0 Å². The van der Waals surface area contributed by atoms with E-state index < -0.39 is 11.5 Å². The van der Waals surface area contributed by atoms with E-state index in [9.17, 15) is 9.59 Å². The van der Waals surface area contributed by atoms with Crippen molar-refractivity contribution in [3.8, 4) is 33.6 Å². The Bertz CT molecular complexity index is 2510. The first-order valence-electron chi connectivity index (χ1n) is 19.9. The summed E-state index contributed by atoms with van der Waals surface area (Å²) < 4.78 is 12.4. The number of fused-ring (bicyclic) bond motifs is 1. The van der Waals surface area contributed by atoms with Gasteiger partial charge in [-0.25, -0.2) is 0 Å². The number of carbonyl (C=O) groups is 2. The van der Waals surface area contributed by atoms with Crippen LogP contribution in [0.4, 0.5) is 0 Å². The Morgan fingerprint density at radius 2 is 1.29 bits per heavy atom. The summed E-state index contributed by atoms with van der Waals surface area (Å²) >= 11 is 3.93. The quantitative estimate of drug-likeness (QED) is 0.0665. The molecule has 0 bridgehead atoms. The zero-order chi connectivity index (χ0) is 40.6. The summed E-state index contributed by atoms with van der Waals surface area (Å²) in [7, 11) is 0. The molecule has 0 saturated heterocycles. The Morgan fingerprint density at radius 3 is 1.90 bits per heavy atom. The number of ether oxygens (including phenoxy) is 1. The van der Waals surface area contributed by atoms with Crippen LogP contribution < -0.4 is 0 Å². The molecule has 1 unspecified atom stereocenters. The van der Waals surface area contributed by atoms with E-state index in [2.05, 4.69) is 52.3 Å². The number of tetrazole rings is 1. The van der Waals surface area contributed by atoms with E-state index in [1.807, 2.05) is 122 Å². The summed E-state index contributed by atoms with van der Waals surface area (Å²) in [6.07, 6.45) is 5.35. The van der Waals surface area contributed by atoms with Crippen molar-refractivity contribution in [1.29, 1.82) is 0 Å². The second-order valence-corrected chi connectivity index (χ2v) is 15.4. The highest BCUT2D eigenvalue weighted by atomic mass is 79.9. The molecule has 1 aromatic heterocycles. The summed E-state index contributed by atoms with van der Waals surface area (Å²) in [4.78, 5) is 29.7. The lowest BCUT2D eigenvalue weighted by Crippen LogP contribution is -2.39. The molecule has 294 valence electrons. The van der Waals surface area contributed by atoms with Crippen molar-refractivity contribution in [2.45, 2.75) is 44.8 Å². The van der Waals surface area contributed by atoms with Gasteiger partial charge < -0.3 is 9.15 Å². The smallest absolute Gasteiger partial charge is 0.205 e. The van der Waals surface area contributed by atoms with Gasteiger partial charge in [-0.3, -0.25) is 9.59 Å². The molecule has 6 aromatic rings. The average molecular weight is 844 g/mol. The van der Waals surface area contributed by atoms with Gasteiger partial charge in [-0.1, -0.05) is 159 Å². The molecule has 0 saturated carbocycles. The van der Waals surface area contributed by atoms with Crippen LogP contribution in [-0.2, 0) is 32.9 Å². The summed E-state index contributed by atoms with van der Waals surface area (Å²) in [6, 6.07) is 50.2. The van der Waals surface area contributed by atoms with Crippen molar-refractivity contribution in [2.75, 3.05) is 6.61 Å². The molecule has 0 fully saturated rings. The predicted molar refractivity (Wildman–Crippen MR) is 233 cm³/mol. The third-order valence-corrected chi connectivity index (χ3v) is 11.7. The van der Waals surface area contributed by atoms with Gasteiger partial charge in [-0.05, 0) is 79.0 Å². The van der Waals surface area contributed by atoms with Gasteiger partial charge in [0, 0.05) is 27.6 Å². The van der Waals surface area contributed by atoms with E-state index in [1.54, 1.807) is 17.3 Å². The van der Waals surface area contributed by atoms with Crippen molar-refractivity contribution >= 4 is 27.5 Å². The molecule has 8 nitrogen and oxygen atoms in total. The highest BCUT2D eigenvalue weighted by Gasteiger charge is 2.41. The fraction of sp³-hybridized carbons (Fsp3) is 0.180. The van der Waals surface area contributed by atoms with E-state index in [-0.39, 0.29) is 31.2 Å². The lowest BCUT2D eigenvalue weighted by atomic mass is 9.77. The second-order valence-electron chi connectivity index (χ2n) is 14.6. The molecule has 0 N–H and O–H groups in total. The first kappa shape index (κ1) is 39.5. The number of nitrogens with zero attached hydrogens (tertiary/aromatic N) is 4. The summed E-state index contributed by atoms with van der Waals surface area (Å²) in [6.45, 7) is 2.15. The normalized spacial score (nSPS) is 12.1. The molecule has 1 atom stereocenters. The summed E-state index contributed by atoms with van der Waals surface area (Å²) in [5.41, 5.74) is 7.87. The fourth-order valence-electron chi connectivity index (χ4n) is 8.02. The van der Waals surface area contributed by atoms with Crippen molar-refractivity contribution < 1.29 is 18.7 Å². The van der Waals surface area contributed by atoms with Crippen LogP contribution in [0.3, 0.4) is 0 Å². The van der Waals surface area contributed by atoms with Crippen molar-refractivity contribution in [2.24, 2.45) is 5.92 Å². The van der Waals surface area contributed by atoms with Gasteiger partial charge in [0.05, 0.1) is 25.1 Å². The van der Waals surface area contributed by atoms with E-state index in [4.69, 9.17) is 24.6 Å². The molecule has 0 radical (unpaired) electrons. The summed E-state index contributed by atoms with van der Waals surface area (Å²) in [5, 5.41) is 14.8. The maximum Gasteiger partial charge on any atom is 0.205 e. The Kier molecular flexibility index (Phi) is 12.1. The number of unbranched alkanes of at least 4 members (excludes halogenated alkanes) is 1. The molecule has 9 heteroatoms. The van der Waals surface area contributed by atoms with Crippen molar-refractivity contribution in [3.05, 3.63) is 196 Å². The van der Waals surface area contributed by atoms with Gasteiger partial charge in [0.15, 0.2) is 11.3 Å². The van der Waals surface area contributed by atoms with Crippen molar-refractivity contribution in [3.63, 3.8) is 0 Å². The van der Waals surface area contributed by atoms with Crippen LogP contribution in [0.2, 0.25) is 0 Å². The van der Waals surface area contributed by atoms with Gasteiger partial charge >= 0.3 is 0 Å². The molecule has 1 aliphatic heterocycles. The number of aromatic nitrogens is 4. The molecule has 0 spiro atoms. The highest BCUT2D eigenvalue weighted by Crippen LogP contribution is 2.49. The molecule has 8 rings (SSSR count). The van der Waals surface area contributed by atoms with Crippen LogP contribution in [0.15, 0.2) is 173 Å². The van der Waals surface area contributed by atoms with E-state index in [0.29, 0.717) is 18.7 Å². The number of benzene rings is 5. The second kappa shape index (κ2) is 18.1. The minimum Gasteiger partial charge on any atom is -0.472 e. The average Bonchev–Trinajstić information content (AvgIpc) is 3.89. The van der Waals surface area contributed by atoms with Gasteiger partial charge in [-0.2, -0.15) is 0 Å². The van der Waals surface area contributed by atoms with Crippen molar-refractivity contribution in [1.82, 2.24) is 20.2 Å². The monoisotopic (exact) mass is 842 g/mol. The topological polar surface area (TPSA) is 100 Å². The Labute approximate surface area is 352 Å². The number of rotatable bonds is 17. The SMILES string of the molecule is CCCCC(=O)C(Cc1c2ccocc-2c(Br)c1-c1ccccc1-c1nnn(C(c2ccccc2)(c2ccccc2)c2ccccc2)n1)C(=O)COCc1ccccc1. The van der Waals surface area contributed by atoms with E-state index in [0.717, 1.165) is 66.5 Å². The fourth-order valence-corrected chi connectivity index (χ4v) is 8.78. The number of halogens is 1. The first-order chi connectivity index (χ1) is 29.0. The van der Waals surface area contributed by atoms with E-state index >= 15 is 0 Å². The Morgan fingerprint density at radius 1 is 0.712 bits per heavy atom.